The van der Waals surface area contributed by atoms with Crippen LogP contribution >= 0.6 is 34.5 Å². The fourth-order valence-electron chi connectivity index (χ4n) is 1.07. The van der Waals surface area contributed by atoms with Gasteiger partial charge in [0.2, 0.25) is 10.0 Å². The minimum Gasteiger partial charge on any atom is -0.394 e. The fourth-order valence-corrected chi connectivity index (χ4v) is 4.69. The van der Waals surface area contributed by atoms with E-state index in [1.165, 1.54) is 13.1 Å². The molecule has 0 fully saturated rings. The monoisotopic (exact) mass is 317 g/mol. The highest BCUT2D eigenvalue weighted by atomic mass is 35.5. The third-order valence-corrected chi connectivity index (χ3v) is 6.33. The SMILES string of the molecule is CN(C(C)(C)CO)S(=O)(=O)c1cc(Cl)sc1Cl. The molecule has 1 aromatic heterocycles. The maximum Gasteiger partial charge on any atom is 0.245 e. The lowest BCUT2D eigenvalue weighted by Gasteiger charge is -2.32. The van der Waals surface area contributed by atoms with Gasteiger partial charge >= 0.3 is 0 Å². The molecule has 1 N–H and O–H groups in total. The summed E-state index contributed by atoms with van der Waals surface area (Å²) in [6.45, 7) is 2.94. The Morgan fingerprint density at radius 3 is 2.35 bits per heavy atom. The summed E-state index contributed by atoms with van der Waals surface area (Å²) in [5.74, 6) is 0. The van der Waals surface area contributed by atoms with Gasteiger partial charge in [-0.3, -0.25) is 0 Å². The quantitative estimate of drug-likeness (QED) is 0.928. The lowest BCUT2D eigenvalue weighted by Crippen LogP contribution is -2.47. The lowest BCUT2D eigenvalue weighted by atomic mass is 10.1. The first-order chi connectivity index (χ1) is 7.63. The molecule has 8 heteroatoms. The van der Waals surface area contributed by atoms with Gasteiger partial charge in [0.05, 0.1) is 16.5 Å². The molecule has 0 aromatic carbocycles. The van der Waals surface area contributed by atoms with Crippen molar-refractivity contribution >= 4 is 44.6 Å². The minimum absolute atomic E-state index is 0.0295. The van der Waals surface area contributed by atoms with E-state index in [0.29, 0.717) is 4.34 Å². The summed E-state index contributed by atoms with van der Waals surface area (Å²) in [6.07, 6.45) is 0. The Kier molecular flexibility index (Phi) is 4.50. The summed E-state index contributed by atoms with van der Waals surface area (Å²) < 4.78 is 26.0. The van der Waals surface area contributed by atoms with Crippen molar-refractivity contribution in [2.75, 3.05) is 13.7 Å². The number of likely N-dealkylation sites (N-methyl/N-ethyl adjacent to an activating group) is 1. The van der Waals surface area contributed by atoms with Crippen molar-refractivity contribution < 1.29 is 13.5 Å². The molecule has 0 spiro atoms. The molecule has 0 aliphatic rings. The second-order valence-electron chi connectivity index (χ2n) is 4.13. The Balaban J connectivity index is 3.25. The second kappa shape index (κ2) is 5.03. The van der Waals surface area contributed by atoms with Crippen LogP contribution in [0.4, 0.5) is 0 Å². The van der Waals surface area contributed by atoms with E-state index in [0.717, 1.165) is 15.6 Å². The molecule has 0 saturated heterocycles. The van der Waals surface area contributed by atoms with Gasteiger partial charge in [0.25, 0.3) is 0 Å². The number of aliphatic hydroxyl groups excluding tert-OH is 1. The Morgan fingerprint density at radius 1 is 1.47 bits per heavy atom. The average molecular weight is 318 g/mol. The molecule has 0 radical (unpaired) electrons. The van der Waals surface area contributed by atoms with E-state index in [4.69, 9.17) is 23.2 Å². The molecular weight excluding hydrogens is 305 g/mol. The van der Waals surface area contributed by atoms with E-state index in [1.807, 2.05) is 0 Å². The number of nitrogens with zero attached hydrogens (tertiary/aromatic N) is 1. The van der Waals surface area contributed by atoms with Crippen LogP contribution in [0.5, 0.6) is 0 Å². The van der Waals surface area contributed by atoms with Crippen LogP contribution in [-0.4, -0.2) is 37.0 Å². The van der Waals surface area contributed by atoms with Crippen molar-refractivity contribution in [1.82, 2.24) is 4.31 Å². The smallest absolute Gasteiger partial charge is 0.245 e. The zero-order chi connectivity index (χ0) is 13.4. The summed E-state index contributed by atoms with van der Waals surface area (Å²) in [4.78, 5) is -0.0295. The predicted molar refractivity (Wildman–Crippen MR) is 70.5 cm³/mol. The van der Waals surface area contributed by atoms with Crippen molar-refractivity contribution in [3.8, 4) is 0 Å². The molecule has 1 aromatic rings. The zero-order valence-corrected chi connectivity index (χ0v) is 12.7. The van der Waals surface area contributed by atoms with E-state index in [1.54, 1.807) is 13.8 Å². The van der Waals surface area contributed by atoms with Crippen LogP contribution in [0.1, 0.15) is 13.8 Å². The molecule has 0 aliphatic heterocycles. The molecule has 17 heavy (non-hydrogen) atoms. The summed E-state index contributed by atoms with van der Waals surface area (Å²) in [5, 5.41) is 9.19. The van der Waals surface area contributed by atoms with E-state index < -0.39 is 15.6 Å². The Hall–Kier alpha value is 0.150. The van der Waals surface area contributed by atoms with Crippen LogP contribution < -0.4 is 0 Å². The van der Waals surface area contributed by atoms with E-state index >= 15 is 0 Å². The summed E-state index contributed by atoms with van der Waals surface area (Å²) in [7, 11) is -2.35. The number of sulfonamides is 1. The normalized spacial score (nSPS) is 13.4. The number of thiophene rings is 1. The summed E-state index contributed by atoms with van der Waals surface area (Å²) in [5.41, 5.74) is -0.906. The van der Waals surface area contributed by atoms with Gasteiger partial charge in [-0.25, -0.2) is 8.42 Å². The molecular formula is C9H13Cl2NO3S2. The van der Waals surface area contributed by atoms with Crippen LogP contribution in [0.25, 0.3) is 0 Å². The van der Waals surface area contributed by atoms with Gasteiger partial charge in [0.1, 0.15) is 9.23 Å². The predicted octanol–water partition coefficient (Wildman–Crippen LogP) is 2.45. The Labute approximate surface area is 115 Å². The number of hydrogen-bond acceptors (Lipinski definition) is 4. The highest BCUT2D eigenvalue weighted by Crippen LogP contribution is 2.36. The molecule has 0 amide bonds. The van der Waals surface area contributed by atoms with Crippen molar-refractivity contribution in [2.24, 2.45) is 0 Å². The first-order valence-corrected chi connectivity index (χ1v) is 7.69. The third kappa shape index (κ3) is 2.94. The molecule has 0 saturated carbocycles. The molecule has 0 atom stereocenters. The standard InChI is InChI=1S/C9H13Cl2NO3S2/c1-9(2,5-13)12(3)17(14,15)6-4-7(10)16-8(6)11/h4,13H,5H2,1-3H3. The van der Waals surface area contributed by atoms with Gasteiger partial charge in [-0.05, 0) is 19.9 Å². The third-order valence-electron chi connectivity index (χ3n) is 2.50. The number of halogens is 2. The van der Waals surface area contributed by atoms with Gasteiger partial charge in [-0.1, -0.05) is 23.2 Å². The molecule has 0 unspecified atom stereocenters. The van der Waals surface area contributed by atoms with Crippen molar-refractivity contribution in [2.45, 2.75) is 24.3 Å². The molecule has 0 bridgehead atoms. The summed E-state index contributed by atoms with van der Waals surface area (Å²) >= 11 is 12.6. The van der Waals surface area contributed by atoms with Crippen molar-refractivity contribution in [1.29, 1.82) is 0 Å². The molecule has 4 nitrogen and oxygen atoms in total. The zero-order valence-electron chi connectivity index (χ0n) is 9.57. The van der Waals surface area contributed by atoms with Crippen LogP contribution in [0.15, 0.2) is 11.0 Å². The van der Waals surface area contributed by atoms with Crippen molar-refractivity contribution in [3.63, 3.8) is 0 Å². The van der Waals surface area contributed by atoms with Crippen LogP contribution in [-0.2, 0) is 10.0 Å². The number of rotatable bonds is 4. The number of aliphatic hydroxyl groups is 1. The first-order valence-electron chi connectivity index (χ1n) is 4.67. The summed E-state index contributed by atoms with van der Waals surface area (Å²) in [6, 6.07) is 1.31. The van der Waals surface area contributed by atoms with Crippen molar-refractivity contribution in [3.05, 3.63) is 14.7 Å². The highest BCUT2D eigenvalue weighted by Gasteiger charge is 2.35. The maximum atomic E-state index is 12.3. The van der Waals surface area contributed by atoms with Crippen LogP contribution in [0, 0.1) is 0 Å². The Bertz CT molecular complexity index is 510. The second-order valence-corrected chi connectivity index (χ2v) is 8.35. The Morgan fingerprint density at radius 2 is 2.00 bits per heavy atom. The van der Waals surface area contributed by atoms with E-state index in [9.17, 15) is 13.5 Å². The van der Waals surface area contributed by atoms with Gasteiger partial charge in [0.15, 0.2) is 0 Å². The van der Waals surface area contributed by atoms with Crippen LogP contribution in [0.2, 0.25) is 8.67 Å². The van der Waals surface area contributed by atoms with Gasteiger partial charge in [-0.2, -0.15) is 4.31 Å². The first kappa shape index (κ1) is 15.2. The average Bonchev–Trinajstić information content (AvgIpc) is 2.57. The number of hydrogen-bond donors (Lipinski definition) is 1. The van der Waals surface area contributed by atoms with Gasteiger partial charge in [0, 0.05) is 7.05 Å². The minimum atomic E-state index is -3.75. The topological polar surface area (TPSA) is 57.6 Å². The molecule has 98 valence electrons. The maximum absolute atomic E-state index is 12.3. The van der Waals surface area contributed by atoms with Gasteiger partial charge < -0.3 is 5.11 Å². The molecule has 0 aliphatic carbocycles. The highest BCUT2D eigenvalue weighted by molar-refractivity contribution is 7.89. The van der Waals surface area contributed by atoms with E-state index in [2.05, 4.69) is 0 Å². The molecule has 1 rings (SSSR count). The molecule has 1 heterocycles. The van der Waals surface area contributed by atoms with E-state index in [-0.39, 0.29) is 15.8 Å². The van der Waals surface area contributed by atoms with Crippen LogP contribution in [0.3, 0.4) is 0 Å². The fraction of sp³-hybridized carbons (Fsp3) is 0.556. The largest absolute Gasteiger partial charge is 0.394 e. The lowest BCUT2D eigenvalue weighted by molar-refractivity contribution is 0.138. The van der Waals surface area contributed by atoms with Gasteiger partial charge in [-0.15, -0.1) is 11.3 Å².